The van der Waals surface area contributed by atoms with Crippen LogP contribution in [0.25, 0.3) is 0 Å². The highest BCUT2D eigenvalue weighted by Gasteiger charge is 2.36. The minimum atomic E-state index is -5.05. The van der Waals surface area contributed by atoms with Crippen LogP contribution < -0.4 is 0 Å². The molecule has 0 aliphatic heterocycles. The van der Waals surface area contributed by atoms with Crippen molar-refractivity contribution in [3.8, 4) is 0 Å². The first-order valence-corrected chi connectivity index (χ1v) is 7.40. The van der Waals surface area contributed by atoms with Gasteiger partial charge in [0.2, 0.25) is 0 Å². The molecule has 0 spiro atoms. The van der Waals surface area contributed by atoms with Crippen molar-refractivity contribution < 1.29 is 58.6 Å². The van der Waals surface area contributed by atoms with E-state index in [0.717, 1.165) is 0 Å². The Labute approximate surface area is 164 Å². The topological polar surface area (TPSA) is 54.4 Å². The molecule has 0 aliphatic carbocycles. The van der Waals surface area contributed by atoms with E-state index in [4.69, 9.17) is 16.7 Å². The van der Waals surface area contributed by atoms with Crippen molar-refractivity contribution in [3.05, 3.63) is 69.8 Å². The molecule has 2 aromatic carbocycles. The van der Waals surface area contributed by atoms with Gasteiger partial charge in [-0.2, -0.15) is 26.3 Å². The highest BCUT2D eigenvalue weighted by molar-refractivity contribution is 6.67. The summed E-state index contributed by atoms with van der Waals surface area (Å²) >= 11 is 4.82. The van der Waals surface area contributed by atoms with E-state index in [1.54, 1.807) is 0 Å². The molecule has 2 rings (SSSR count). The van der Waals surface area contributed by atoms with Crippen molar-refractivity contribution >= 4 is 22.8 Å². The second kappa shape index (κ2) is 8.90. The van der Waals surface area contributed by atoms with Crippen LogP contribution in [0.2, 0.25) is 0 Å². The second-order valence-corrected chi connectivity index (χ2v) is 5.54. The van der Waals surface area contributed by atoms with Gasteiger partial charge in [-0.05, 0) is 35.9 Å². The maximum atomic E-state index is 12.8. The number of hydrogen-bond acceptors (Lipinski definition) is 2. The highest BCUT2D eigenvalue weighted by atomic mass is 35.5. The lowest BCUT2D eigenvalue weighted by molar-refractivity contribution is -0.141. The third-order valence-corrected chi connectivity index (χ3v) is 3.37. The van der Waals surface area contributed by atoms with Crippen LogP contribution in [0.4, 0.5) is 43.9 Å². The zero-order valence-corrected chi connectivity index (χ0v) is 14.5. The molecule has 0 fully saturated rings. The Morgan fingerprint density at radius 1 is 0.667 bits per heavy atom. The number of benzene rings is 2. The summed E-state index contributed by atoms with van der Waals surface area (Å²) in [6.45, 7) is 0. The van der Waals surface area contributed by atoms with Crippen LogP contribution in [-0.4, -0.2) is 16.3 Å². The fourth-order valence-corrected chi connectivity index (χ4v) is 1.99. The predicted octanol–water partition coefficient (Wildman–Crippen LogP) is 6.04. The lowest BCUT2D eigenvalue weighted by Crippen LogP contribution is -2.11. The average Bonchev–Trinajstić information content (AvgIpc) is 2.56. The molecule has 3 nitrogen and oxygen atoms in total. The smallest absolute Gasteiger partial charge is 0.419 e. The fraction of sp³-hybridized carbons (Fsp3) is 0.125. The molecule has 2 aromatic rings. The van der Waals surface area contributed by atoms with Crippen molar-refractivity contribution in [1.29, 1.82) is 0 Å². The van der Waals surface area contributed by atoms with Crippen molar-refractivity contribution in [3.63, 3.8) is 0 Å². The van der Waals surface area contributed by atoms with E-state index >= 15 is 0 Å². The molecule has 0 heterocycles. The van der Waals surface area contributed by atoms with Crippen LogP contribution in [0.3, 0.4) is 0 Å². The molecular weight excluding hydrogens is 466 g/mol. The predicted molar refractivity (Wildman–Crippen MR) is 79.9 cm³/mol. The summed E-state index contributed by atoms with van der Waals surface area (Å²) in [6.07, 6.45) is -10.1. The number of alkyl halides is 6. The quantitative estimate of drug-likeness (QED) is 0.430. The zero-order chi connectivity index (χ0) is 23.6. The first kappa shape index (κ1) is 25.2. The number of carbonyl (C=O) groups excluding carboxylic acids is 1. The normalized spacial score (nSPS) is 11.6. The van der Waals surface area contributed by atoms with Gasteiger partial charge in [0.15, 0.2) is 0 Å². The fourth-order valence-electron chi connectivity index (χ4n) is 1.84. The van der Waals surface area contributed by atoms with E-state index in [0.29, 0.717) is 0 Å². The van der Waals surface area contributed by atoms with Gasteiger partial charge < -0.3 is 5.11 Å². The summed E-state index contributed by atoms with van der Waals surface area (Å²) in [5.74, 6) is -8.53. The second-order valence-electron chi connectivity index (χ2n) is 5.20. The lowest BCUT2D eigenvalue weighted by atomic mass is 10.1. The Morgan fingerprint density at radius 3 is 1.30 bits per heavy atom. The number of rotatable bonds is 2. The number of carboxylic acid groups (broad SMARTS) is 1. The molecule has 0 saturated carbocycles. The Balaban J connectivity index is 0.000000300. The van der Waals surface area contributed by atoms with Crippen LogP contribution in [0.5, 0.6) is 0 Å². The summed E-state index contributed by atoms with van der Waals surface area (Å²) in [6, 6.07) is -0.169. The first-order chi connectivity index (χ1) is 13.5. The Morgan fingerprint density at radius 2 is 1.00 bits per heavy atom. The Kier molecular flexibility index (Phi) is 7.47. The van der Waals surface area contributed by atoms with Gasteiger partial charge in [0.25, 0.3) is 5.24 Å². The van der Waals surface area contributed by atoms with E-state index in [9.17, 15) is 53.5 Å². The average molecular weight is 471 g/mol. The van der Waals surface area contributed by atoms with Crippen LogP contribution in [0.1, 0.15) is 31.8 Å². The highest BCUT2D eigenvalue weighted by Crippen LogP contribution is 2.33. The van der Waals surface area contributed by atoms with Gasteiger partial charge in [-0.3, -0.25) is 4.79 Å². The molecule has 0 saturated heterocycles. The van der Waals surface area contributed by atoms with Gasteiger partial charge in [-0.15, -0.1) is 0 Å². The summed E-state index contributed by atoms with van der Waals surface area (Å²) in [5, 5.41) is 6.93. The number of aromatic carboxylic acids is 1. The van der Waals surface area contributed by atoms with E-state index in [1.807, 2.05) is 0 Å². The maximum Gasteiger partial charge on any atom is 0.419 e. The molecule has 0 unspecified atom stereocenters. The summed E-state index contributed by atoms with van der Waals surface area (Å²) in [7, 11) is 0. The molecule has 0 amide bonds. The SMILES string of the molecule is O=C(Cl)c1cc(F)c(C(F)(F)F)cc1F.O=C(O)c1cc(F)c(C(F)(F)F)cc1F. The molecule has 14 heteroatoms. The molecule has 30 heavy (non-hydrogen) atoms. The van der Waals surface area contributed by atoms with E-state index in [1.165, 1.54) is 0 Å². The van der Waals surface area contributed by atoms with Crippen molar-refractivity contribution in [2.24, 2.45) is 0 Å². The van der Waals surface area contributed by atoms with Gasteiger partial charge in [0.05, 0.1) is 22.3 Å². The van der Waals surface area contributed by atoms with Gasteiger partial charge >= 0.3 is 18.3 Å². The number of carboxylic acids is 1. The minimum absolute atomic E-state index is 0.000486. The molecule has 1 N–H and O–H groups in total. The maximum absolute atomic E-state index is 12.8. The number of carbonyl (C=O) groups is 2. The first-order valence-electron chi connectivity index (χ1n) is 7.02. The third kappa shape index (κ3) is 6.08. The molecule has 0 aliphatic rings. The van der Waals surface area contributed by atoms with E-state index < -0.39 is 69.1 Å². The Hall–Kier alpha value is -2.83. The molecule has 0 aromatic heterocycles. The Bertz CT molecular complexity index is 903. The minimum Gasteiger partial charge on any atom is -0.478 e. The summed E-state index contributed by atoms with van der Waals surface area (Å²) in [5.41, 5.74) is -5.67. The monoisotopic (exact) mass is 470 g/mol. The van der Waals surface area contributed by atoms with Crippen LogP contribution in [-0.2, 0) is 12.4 Å². The van der Waals surface area contributed by atoms with Gasteiger partial charge in [-0.25, -0.2) is 22.4 Å². The molecule has 0 radical (unpaired) electrons. The molecule has 0 atom stereocenters. The third-order valence-electron chi connectivity index (χ3n) is 3.17. The summed E-state index contributed by atoms with van der Waals surface area (Å²) in [4.78, 5) is 20.7. The molecule has 164 valence electrons. The largest absolute Gasteiger partial charge is 0.478 e. The van der Waals surface area contributed by atoms with Crippen molar-refractivity contribution in [2.75, 3.05) is 0 Å². The van der Waals surface area contributed by atoms with E-state index in [-0.39, 0.29) is 24.3 Å². The summed E-state index contributed by atoms with van der Waals surface area (Å²) < 4.78 is 123. The van der Waals surface area contributed by atoms with Crippen LogP contribution >= 0.6 is 11.6 Å². The molecule has 0 bridgehead atoms. The molecular formula is C16H5ClF10O3. The van der Waals surface area contributed by atoms with Crippen molar-refractivity contribution in [2.45, 2.75) is 12.4 Å². The standard InChI is InChI=1S/C8H2ClF5O.C8H3F5O2/c9-7(15)3-1-6(11)4(2-5(3)10)8(12,13)14;9-5-2-4(8(11,12)13)6(10)1-3(5)7(14)15/h1-2H;1-2H,(H,14,15). The number of halogens is 11. The van der Waals surface area contributed by atoms with Crippen LogP contribution in [0.15, 0.2) is 24.3 Å². The van der Waals surface area contributed by atoms with Gasteiger partial charge in [0.1, 0.15) is 23.3 Å². The van der Waals surface area contributed by atoms with Crippen LogP contribution in [0, 0.1) is 23.3 Å². The van der Waals surface area contributed by atoms with Crippen molar-refractivity contribution in [1.82, 2.24) is 0 Å². The number of hydrogen-bond donors (Lipinski definition) is 1. The lowest BCUT2D eigenvalue weighted by Gasteiger charge is -2.08. The van der Waals surface area contributed by atoms with E-state index in [2.05, 4.69) is 0 Å². The zero-order valence-electron chi connectivity index (χ0n) is 13.7. The van der Waals surface area contributed by atoms with Gasteiger partial charge in [0, 0.05) is 0 Å². The van der Waals surface area contributed by atoms with Gasteiger partial charge in [-0.1, -0.05) is 0 Å².